The van der Waals surface area contributed by atoms with Gasteiger partial charge in [-0.2, -0.15) is 4.98 Å². The van der Waals surface area contributed by atoms with Gasteiger partial charge in [-0.15, -0.1) is 11.8 Å². The summed E-state index contributed by atoms with van der Waals surface area (Å²) in [7, 11) is 0. The number of benzene rings is 1. The van der Waals surface area contributed by atoms with Crippen LogP contribution in [0.3, 0.4) is 0 Å². The molecule has 44 heavy (non-hydrogen) atoms. The normalized spacial score (nSPS) is 16.9. The van der Waals surface area contributed by atoms with E-state index in [2.05, 4.69) is 77.2 Å². The quantitative estimate of drug-likeness (QED) is 0.200. The molecular weight excluding hydrogens is 594 g/mol. The lowest BCUT2D eigenvalue weighted by molar-refractivity contribution is 0.0321. The summed E-state index contributed by atoms with van der Waals surface area (Å²) in [5.41, 5.74) is 4.31. The van der Waals surface area contributed by atoms with E-state index in [1.54, 1.807) is 24.2 Å². The first-order chi connectivity index (χ1) is 21.2. The summed E-state index contributed by atoms with van der Waals surface area (Å²) in [4.78, 5) is 18.9. The zero-order valence-corrected chi connectivity index (χ0v) is 28.2. The molecule has 0 radical (unpaired) electrons. The van der Waals surface area contributed by atoms with Crippen LogP contribution in [0.1, 0.15) is 57.6 Å². The van der Waals surface area contributed by atoms with Crippen LogP contribution in [-0.4, -0.2) is 88.6 Å². The van der Waals surface area contributed by atoms with Crippen LogP contribution in [0, 0.1) is 6.92 Å². The van der Waals surface area contributed by atoms with Gasteiger partial charge in [-0.05, 0) is 88.0 Å². The van der Waals surface area contributed by atoms with Crippen LogP contribution >= 0.6 is 23.4 Å². The Morgan fingerprint density at radius 1 is 1.00 bits per heavy atom. The SMILES string of the molecule is Cc1cc(Nc2ncc(Cl)c(Nc3cccnc3SC(C)C)n2)c(OC(C)C)cc1C1CCN(CCN2CCOCC2)CC1. The smallest absolute Gasteiger partial charge is 0.229 e. The van der Waals surface area contributed by atoms with Gasteiger partial charge in [0.2, 0.25) is 5.95 Å². The molecule has 9 nitrogen and oxygen atoms in total. The second-order valence-electron chi connectivity index (χ2n) is 12.1. The third kappa shape index (κ3) is 8.97. The Kier molecular flexibility index (Phi) is 11.6. The first-order valence-corrected chi connectivity index (χ1v) is 17.0. The predicted octanol–water partition coefficient (Wildman–Crippen LogP) is 7.12. The van der Waals surface area contributed by atoms with E-state index in [0.29, 0.717) is 28.0 Å². The third-order valence-corrected chi connectivity index (χ3v) is 9.25. The number of nitrogens with one attached hydrogen (secondary N) is 2. The molecule has 1 aromatic carbocycles. The number of halogens is 1. The first-order valence-electron chi connectivity index (χ1n) is 15.8. The van der Waals surface area contributed by atoms with Crippen molar-refractivity contribution >= 4 is 46.5 Å². The minimum absolute atomic E-state index is 0.0268. The van der Waals surface area contributed by atoms with E-state index in [1.165, 1.54) is 11.1 Å². The van der Waals surface area contributed by atoms with Crippen molar-refractivity contribution in [2.24, 2.45) is 0 Å². The summed E-state index contributed by atoms with van der Waals surface area (Å²) < 4.78 is 11.8. The van der Waals surface area contributed by atoms with E-state index in [0.717, 1.165) is 87.5 Å². The molecular formula is C33H46ClN7O2S. The summed E-state index contributed by atoms with van der Waals surface area (Å²) in [5, 5.41) is 8.50. The van der Waals surface area contributed by atoms with E-state index in [1.807, 2.05) is 12.1 Å². The summed E-state index contributed by atoms with van der Waals surface area (Å²) in [6.45, 7) is 18.9. The van der Waals surface area contributed by atoms with E-state index < -0.39 is 0 Å². The van der Waals surface area contributed by atoms with Crippen molar-refractivity contribution < 1.29 is 9.47 Å². The molecule has 2 fully saturated rings. The number of thioether (sulfide) groups is 1. The van der Waals surface area contributed by atoms with Crippen LogP contribution in [0.5, 0.6) is 5.75 Å². The number of aryl methyl sites for hydroxylation is 1. The molecule has 3 aromatic rings. The summed E-state index contributed by atoms with van der Waals surface area (Å²) in [6.07, 6.45) is 5.74. The Hall–Kier alpha value is -2.63. The molecule has 0 bridgehead atoms. The van der Waals surface area contributed by atoms with Crippen molar-refractivity contribution in [3.63, 3.8) is 0 Å². The van der Waals surface area contributed by atoms with Crippen LogP contribution < -0.4 is 15.4 Å². The molecule has 238 valence electrons. The van der Waals surface area contributed by atoms with Gasteiger partial charge in [0, 0.05) is 37.6 Å². The Bertz CT molecular complexity index is 1380. The second kappa shape index (κ2) is 15.6. The first kappa shape index (κ1) is 32.8. The molecule has 2 saturated heterocycles. The number of nitrogens with zero attached hydrogens (tertiary/aromatic N) is 5. The standard InChI is InChI=1S/C33H46ClN7O2S/c1-22(2)43-30-20-26(25-8-11-40(12-9-25)13-14-41-15-17-42-18-16-41)24(5)19-29(30)38-33-36-21-27(34)31(39-33)37-28-7-6-10-35-32(28)44-23(3)4/h6-7,10,19-23,25H,8-9,11-18H2,1-5H3,(H2,36,37,38,39). The fraction of sp³-hybridized carbons (Fsp3) is 0.545. The van der Waals surface area contributed by atoms with Crippen molar-refractivity contribution in [3.8, 4) is 5.75 Å². The molecule has 2 N–H and O–H groups in total. The van der Waals surface area contributed by atoms with E-state index in [4.69, 9.17) is 26.1 Å². The Morgan fingerprint density at radius 3 is 2.43 bits per heavy atom. The average molecular weight is 640 g/mol. The molecule has 0 unspecified atom stereocenters. The van der Waals surface area contributed by atoms with Crippen molar-refractivity contribution in [1.29, 1.82) is 0 Å². The van der Waals surface area contributed by atoms with Crippen LogP contribution in [-0.2, 0) is 4.74 Å². The van der Waals surface area contributed by atoms with E-state index in [9.17, 15) is 0 Å². The number of morpholine rings is 1. The molecule has 0 atom stereocenters. The highest BCUT2D eigenvalue weighted by Gasteiger charge is 2.24. The van der Waals surface area contributed by atoms with Crippen LogP contribution in [0.15, 0.2) is 41.7 Å². The van der Waals surface area contributed by atoms with E-state index in [-0.39, 0.29) is 6.10 Å². The number of likely N-dealkylation sites (tertiary alicyclic amines) is 1. The molecule has 0 aliphatic carbocycles. The summed E-state index contributed by atoms with van der Waals surface area (Å²) in [5.74, 6) is 2.28. The minimum atomic E-state index is 0.0268. The number of rotatable bonds is 12. The number of hydrogen-bond acceptors (Lipinski definition) is 10. The van der Waals surface area contributed by atoms with Crippen molar-refractivity contribution in [2.75, 3.05) is 63.1 Å². The molecule has 11 heteroatoms. The monoisotopic (exact) mass is 639 g/mol. The molecule has 0 saturated carbocycles. The highest BCUT2D eigenvalue weighted by molar-refractivity contribution is 8.00. The molecule has 5 rings (SSSR count). The van der Waals surface area contributed by atoms with Crippen molar-refractivity contribution in [1.82, 2.24) is 24.8 Å². The Morgan fingerprint density at radius 2 is 1.73 bits per heavy atom. The zero-order chi connectivity index (χ0) is 31.1. The lowest BCUT2D eigenvalue weighted by Crippen LogP contribution is -2.43. The van der Waals surface area contributed by atoms with Gasteiger partial charge >= 0.3 is 0 Å². The summed E-state index contributed by atoms with van der Waals surface area (Å²) >= 11 is 8.22. The number of piperidine rings is 1. The third-order valence-electron chi connectivity index (χ3n) is 7.96. The van der Waals surface area contributed by atoms with Gasteiger partial charge in [0.05, 0.1) is 36.9 Å². The van der Waals surface area contributed by atoms with Crippen LogP contribution in [0.2, 0.25) is 5.02 Å². The molecule has 0 amide bonds. The maximum atomic E-state index is 6.53. The van der Waals surface area contributed by atoms with Gasteiger partial charge < -0.3 is 25.0 Å². The average Bonchev–Trinajstić information content (AvgIpc) is 3.00. The fourth-order valence-electron chi connectivity index (χ4n) is 5.73. The predicted molar refractivity (Wildman–Crippen MR) is 181 cm³/mol. The number of anilines is 4. The van der Waals surface area contributed by atoms with Gasteiger partial charge in [0.25, 0.3) is 0 Å². The van der Waals surface area contributed by atoms with Crippen molar-refractivity contribution in [2.45, 2.75) is 69.8 Å². The molecule has 0 spiro atoms. The number of ether oxygens (including phenoxy) is 2. The maximum absolute atomic E-state index is 6.53. The van der Waals surface area contributed by atoms with Gasteiger partial charge in [-0.1, -0.05) is 25.4 Å². The highest BCUT2D eigenvalue weighted by atomic mass is 35.5. The summed E-state index contributed by atoms with van der Waals surface area (Å²) in [6, 6.07) is 8.28. The van der Waals surface area contributed by atoms with Gasteiger partial charge in [0.15, 0.2) is 5.82 Å². The number of aromatic nitrogens is 3. The van der Waals surface area contributed by atoms with Gasteiger partial charge in [0.1, 0.15) is 15.8 Å². The lowest BCUT2D eigenvalue weighted by Gasteiger charge is -2.35. The molecule has 2 aliphatic rings. The second-order valence-corrected chi connectivity index (χ2v) is 14.1. The lowest BCUT2D eigenvalue weighted by atomic mass is 9.86. The molecule has 2 aromatic heterocycles. The maximum Gasteiger partial charge on any atom is 0.229 e. The number of pyridine rings is 1. The van der Waals surface area contributed by atoms with E-state index >= 15 is 0 Å². The topological polar surface area (TPSA) is 87.7 Å². The van der Waals surface area contributed by atoms with Gasteiger partial charge in [-0.25, -0.2) is 9.97 Å². The Labute approximate surface area is 271 Å². The highest BCUT2D eigenvalue weighted by Crippen LogP contribution is 2.38. The van der Waals surface area contributed by atoms with Crippen molar-refractivity contribution in [3.05, 3.63) is 52.8 Å². The molecule has 4 heterocycles. The zero-order valence-electron chi connectivity index (χ0n) is 26.6. The van der Waals surface area contributed by atoms with Crippen LogP contribution in [0.4, 0.5) is 23.1 Å². The Balaban J connectivity index is 1.29. The van der Waals surface area contributed by atoms with Crippen LogP contribution in [0.25, 0.3) is 0 Å². The van der Waals surface area contributed by atoms with Gasteiger partial charge in [-0.3, -0.25) is 4.90 Å². The molecule has 2 aliphatic heterocycles. The number of hydrogen-bond donors (Lipinski definition) is 2. The fourth-order valence-corrected chi connectivity index (χ4v) is 6.69. The minimum Gasteiger partial charge on any atom is -0.489 e. The largest absolute Gasteiger partial charge is 0.489 e.